The molecule has 4 unspecified atom stereocenters. The molecule has 3 fully saturated rings. The van der Waals surface area contributed by atoms with Crippen molar-refractivity contribution >= 4 is 23.5 Å². The fourth-order valence-corrected chi connectivity index (χ4v) is 6.90. The number of hydrogen-bond acceptors (Lipinski definition) is 7. The van der Waals surface area contributed by atoms with Crippen LogP contribution in [0.15, 0.2) is 48.7 Å². The van der Waals surface area contributed by atoms with Gasteiger partial charge in [-0.2, -0.15) is 18.4 Å². The summed E-state index contributed by atoms with van der Waals surface area (Å²) in [6.45, 7) is 0.716. The molecule has 0 radical (unpaired) electrons. The minimum atomic E-state index is -4.26. The minimum absolute atomic E-state index is 0.0899. The molecule has 6 atom stereocenters. The van der Waals surface area contributed by atoms with Gasteiger partial charge in [-0.15, -0.1) is 0 Å². The van der Waals surface area contributed by atoms with Gasteiger partial charge in [-0.05, 0) is 61.9 Å². The molecule has 0 spiro atoms. The molecule has 2 N–H and O–H groups in total. The number of benzene rings is 1. The summed E-state index contributed by atoms with van der Waals surface area (Å²) in [6, 6.07) is 13.4. The molecule has 12 heteroatoms. The molecule has 2 aliphatic heterocycles. The molecule has 5 rings (SSSR count). The highest BCUT2D eigenvalue weighted by Crippen LogP contribution is 2.40. The highest BCUT2D eigenvalue weighted by Gasteiger charge is 2.49. The van der Waals surface area contributed by atoms with Crippen LogP contribution in [0.5, 0.6) is 0 Å². The van der Waals surface area contributed by atoms with Gasteiger partial charge in [-0.1, -0.05) is 29.8 Å². The van der Waals surface area contributed by atoms with Crippen LogP contribution < -0.4 is 10.6 Å². The van der Waals surface area contributed by atoms with E-state index in [1.54, 1.807) is 25.4 Å². The van der Waals surface area contributed by atoms with Crippen molar-refractivity contribution in [1.82, 2.24) is 20.5 Å². The summed E-state index contributed by atoms with van der Waals surface area (Å²) >= 11 is 6.13. The van der Waals surface area contributed by atoms with Gasteiger partial charge >= 0.3 is 12.3 Å². The number of aromatic nitrogens is 1. The van der Waals surface area contributed by atoms with Crippen LogP contribution in [0.25, 0.3) is 0 Å². The smallest absolute Gasteiger partial charge is 0.410 e. The fraction of sp³-hybridized carbons (Fsp3) is 0.548. The van der Waals surface area contributed by atoms with Crippen molar-refractivity contribution < 1.29 is 27.5 Å². The Kier molecular flexibility index (Phi) is 9.59. The number of nitrogens with zero attached hydrogens (tertiary/aromatic N) is 3. The van der Waals surface area contributed by atoms with Gasteiger partial charge in [0.2, 0.25) is 0 Å². The van der Waals surface area contributed by atoms with E-state index in [-0.39, 0.29) is 43.4 Å². The molecule has 3 heterocycles. The molecule has 43 heavy (non-hydrogen) atoms. The molecule has 1 aromatic heterocycles. The number of piperidine rings is 1. The zero-order chi connectivity index (χ0) is 30.7. The Labute approximate surface area is 253 Å². The van der Waals surface area contributed by atoms with Crippen LogP contribution in [-0.4, -0.2) is 66.3 Å². The van der Waals surface area contributed by atoms with Crippen LogP contribution in [0.3, 0.4) is 0 Å². The van der Waals surface area contributed by atoms with E-state index in [1.807, 2.05) is 30.3 Å². The number of carbonyl (C=O) groups excluding carboxylic acids is 2. The van der Waals surface area contributed by atoms with Crippen LogP contribution >= 0.6 is 11.6 Å². The maximum atomic E-state index is 14.3. The topological polar surface area (TPSA) is 107 Å². The number of rotatable bonds is 6. The van der Waals surface area contributed by atoms with Gasteiger partial charge in [-0.25, -0.2) is 4.79 Å². The molecular formula is C31H35ClF3N5O3. The first-order chi connectivity index (χ1) is 20.6. The molecule has 1 aliphatic carbocycles. The summed E-state index contributed by atoms with van der Waals surface area (Å²) in [5.74, 6) is -3.02. The van der Waals surface area contributed by atoms with E-state index in [0.717, 1.165) is 11.3 Å². The Morgan fingerprint density at radius 2 is 1.79 bits per heavy atom. The predicted molar refractivity (Wildman–Crippen MR) is 153 cm³/mol. The molecule has 1 amide bonds. The Hall–Kier alpha value is -3.20. The lowest BCUT2D eigenvalue weighted by Gasteiger charge is -2.38. The largest absolute Gasteiger partial charge is 0.446 e. The second-order valence-electron chi connectivity index (χ2n) is 11.7. The van der Waals surface area contributed by atoms with Crippen LogP contribution in [0.4, 0.5) is 18.0 Å². The number of ketones is 1. The molecule has 1 aromatic carbocycles. The lowest BCUT2D eigenvalue weighted by molar-refractivity contribution is -0.186. The summed E-state index contributed by atoms with van der Waals surface area (Å²) in [5, 5.41) is 17.1. The van der Waals surface area contributed by atoms with E-state index in [0.29, 0.717) is 24.5 Å². The Morgan fingerprint density at radius 1 is 1.07 bits per heavy atom. The van der Waals surface area contributed by atoms with E-state index in [9.17, 15) is 28.0 Å². The number of hydrogen-bond donors (Lipinski definition) is 2. The SMILES string of the molecule is CN(C(=O)OC1CCC(C(F)(F)F)CC1)[C@H]1C(C(=O)C2CC(c3ccccn3)NCC2C#N)NC[C@@H]1c1ccc(Cl)cc1. The molecule has 1 saturated carbocycles. The van der Waals surface area contributed by atoms with Crippen molar-refractivity contribution in [3.63, 3.8) is 0 Å². The number of carbonyl (C=O) groups is 2. The van der Waals surface area contributed by atoms with Crippen molar-refractivity contribution in [2.24, 2.45) is 17.8 Å². The molecule has 2 aromatic rings. The fourth-order valence-electron chi connectivity index (χ4n) is 6.77. The van der Waals surface area contributed by atoms with E-state index in [2.05, 4.69) is 21.7 Å². The summed E-state index contributed by atoms with van der Waals surface area (Å²) in [6.07, 6.45) is -3.43. The van der Waals surface area contributed by atoms with Gasteiger partial charge in [0.1, 0.15) is 6.10 Å². The number of pyridine rings is 1. The molecule has 8 nitrogen and oxygen atoms in total. The third kappa shape index (κ3) is 6.97. The molecular weight excluding hydrogens is 583 g/mol. The van der Waals surface area contributed by atoms with E-state index >= 15 is 0 Å². The van der Waals surface area contributed by atoms with Gasteiger partial charge in [0, 0.05) is 43.2 Å². The van der Waals surface area contributed by atoms with Crippen molar-refractivity contribution in [1.29, 1.82) is 5.26 Å². The lowest BCUT2D eigenvalue weighted by atomic mass is 9.76. The summed E-state index contributed by atoms with van der Waals surface area (Å²) in [4.78, 5) is 33.6. The first kappa shape index (κ1) is 31.2. The number of likely N-dealkylation sites (N-methyl/N-ethyl adjacent to an activating group) is 1. The van der Waals surface area contributed by atoms with Crippen molar-refractivity contribution in [2.75, 3.05) is 20.1 Å². The summed E-state index contributed by atoms with van der Waals surface area (Å²) in [7, 11) is 1.56. The van der Waals surface area contributed by atoms with Crippen molar-refractivity contribution in [3.8, 4) is 6.07 Å². The zero-order valence-corrected chi connectivity index (χ0v) is 24.5. The van der Waals surface area contributed by atoms with Gasteiger partial charge in [0.25, 0.3) is 0 Å². The third-order valence-electron chi connectivity index (χ3n) is 9.19. The van der Waals surface area contributed by atoms with Gasteiger partial charge in [-0.3, -0.25) is 9.78 Å². The van der Waals surface area contributed by atoms with Crippen LogP contribution in [0.2, 0.25) is 5.02 Å². The van der Waals surface area contributed by atoms with E-state index in [4.69, 9.17) is 16.3 Å². The van der Waals surface area contributed by atoms with Gasteiger partial charge in [0.15, 0.2) is 5.78 Å². The molecule has 2 saturated heterocycles. The van der Waals surface area contributed by atoms with Crippen molar-refractivity contribution in [3.05, 3.63) is 64.9 Å². The number of nitrogens with one attached hydrogen (secondary N) is 2. The second-order valence-corrected chi connectivity index (χ2v) is 12.2. The monoisotopic (exact) mass is 617 g/mol. The number of alkyl halides is 3. The number of amides is 1. The molecule has 0 bridgehead atoms. The molecule has 230 valence electrons. The van der Waals surface area contributed by atoms with Gasteiger partial charge in [0.05, 0.1) is 41.7 Å². The predicted octanol–water partition coefficient (Wildman–Crippen LogP) is 5.41. The number of nitriles is 1. The highest BCUT2D eigenvalue weighted by atomic mass is 35.5. The standard InChI is InChI=1S/C31H35ClF3N5O3/c1-40(30(42)43-22-11-7-20(8-12-22)31(33,34)35)28-24(18-5-9-21(32)10-6-18)17-39-27(28)29(41)23-14-26(38-16-19(23)15-36)25-4-2-3-13-37-25/h2-6,9-10,13,19-20,22-24,26-28,38-39H,7-8,11-12,14,16-17H2,1H3/t19?,20?,22?,23?,24-,26?,27?,28-/m1/s1. The van der Waals surface area contributed by atoms with Gasteiger partial charge < -0.3 is 20.3 Å². The quantitative estimate of drug-likeness (QED) is 0.446. The Balaban J connectivity index is 1.36. The number of Topliss-reactive ketones (excluding diaryl/α,β-unsaturated/α-hetero) is 1. The second kappa shape index (κ2) is 13.2. The number of halogens is 4. The van der Waals surface area contributed by atoms with E-state index in [1.165, 1.54) is 4.90 Å². The van der Waals surface area contributed by atoms with E-state index < -0.39 is 48.2 Å². The lowest BCUT2D eigenvalue weighted by Crippen LogP contribution is -2.54. The summed E-state index contributed by atoms with van der Waals surface area (Å²) in [5.41, 5.74) is 1.66. The minimum Gasteiger partial charge on any atom is -0.446 e. The Bertz CT molecular complexity index is 1310. The van der Waals surface area contributed by atoms with Crippen LogP contribution in [0, 0.1) is 29.1 Å². The van der Waals surface area contributed by atoms with Crippen molar-refractivity contribution in [2.45, 2.75) is 68.4 Å². The molecule has 3 aliphatic rings. The maximum Gasteiger partial charge on any atom is 0.410 e. The highest BCUT2D eigenvalue weighted by molar-refractivity contribution is 6.30. The first-order valence-electron chi connectivity index (χ1n) is 14.6. The average Bonchev–Trinajstić information content (AvgIpc) is 3.45. The summed E-state index contributed by atoms with van der Waals surface area (Å²) < 4.78 is 45.2. The third-order valence-corrected chi connectivity index (χ3v) is 9.44. The van der Waals surface area contributed by atoms with Crippen LogP contribution in [0.1, 0.15) is 55.3 Å². The normalized spacial score (nSPS) is 31.2. The van der Waals surface area contributed by atoms with Crippen LogP contribution in [-0.2, 0) is 9.53 Å². The zero-order valence-electron chi connectivity index (χ0n) is 23.8. The Morgan fingerprint density at radius 3 is 2.42 bits per heavy atom. The first-order valence-corrected chi connectivity index (χ1v) is 15.0. The average molecular weight is 618 g/mol. The maximum absolute atomic E-state index is 14.3. The number of ether oxygens (including phenoxy) is 1.